The Morgan fingerprint density at radius 2 is 1.95 bits per heavy atom. The fourth-order valence-corrected chi connectivity index (χ4v) is 4.13. The van der Waals surface area contributed by atoms with Gasteiger partial charge in [-0.2, -0.15) is 18.4 Å². The molecule has 0 spiro atoms. The number of rotatable bonds is 5. The maximum Gasteiger partial charge on any atom is 0.437 e. The Balaban J connectivity index is 1.65. The summed E-state index contributed by atoms with van der Waals surface area (Å²) in [5.74, 6) is -3.37. The molecule has 2 heterocycles. The summed E-state index contributed by atoms with van der Waals surface area (Å²) in [6, 6.07) is 8.58. The molecule has 1 saturated heterocycles. The first-order valence-electron chi connectivity index (χ1n) is 10.5. The minimum absolute atomic E-state index is 0.00657. The third-order valence-electron chi connectivity index (χ3n) is 5.48. The van der Waals surface area contributed by atoms with E-state index in [-0.39, 0.29) is 34.3 Å². The van der Waals surface area contributed by atoms with E-state index in [1.54, 1.807) is 6.07 Å². The summed E-state index contributed by atoms with van der Waals surface area (Å²) >= 11 is 11.6. The first-order chi connectivity index (χ1) is 17.5. The zero-order chi connectivity index (χ0) is 26.9. The van der Waals surface area contributed by atoms with E-state index >= 15 is 0 Å². The Morgan fingerprint density at radius 3 is 2.62 bits per heavy atom. The molecule has 3 aromatic rings. The van der Waals surface area contributed by atoms with Gasteiger partial charge in [0.05, 0.1) is 28.9 Å². The van der Waals surface area contributed by atoms with Gasteiger partial charge in [-0.15, -0.1) is 0 Å². The Labute approximate surface area is 216 Å². The topological polar surface area (TPSA) is 109 Å². The van der Waals surface area contributed by atoms with E-state index in [9.17, 15) is 27.2 Å². The van der Waals surface area contributed by atoms with Gasteiger partial charge in [-0.3, -0.25) is 19.6 Å². The van der Waals surface area contributed by atoms with Gasteiger partial charge < -0.3 is 4.74 Å². The van der Waals surface area contributed by atoms with Crippen molar-refractivity contribution in [2.24, 2.45) is 0 Å². The van der Waals surface area contributed by atoms with Crippen molar-refractivity contribution in [1.82, 2.24) is 20.4 Å². The second kappa shape index (κ2) is 10.4. The van der Waals surface area contributed by atoms with Gasteiger partial charge in [-0.25, -0.2) is 14.8 Å². The summed E-state index contributed by atoms with van der Waals surface area (Å²) in [5.41, 5.74) is 2.73. The number of amides is 1. The third-order valence-corrected chi connectivity index (χ3v) is 6.01. The zero-order valence-corrected chi connectivity index (χ0v) is 20.0. The molecular weight excluding hydrogens is 541 g/mol. The lowest BCUT2D eigenvalue weighted by molar-refractivity contribution is -0.142. The molecule has 14 heteroatoms. The smallest absolute Gasteiger partial charge is 0.437 e. The van der Waals surface area contributed by atoms with Crippen LogP contribution in [0.4, 0.5) is 17.6 Å². The highest BCUT2D eigenvalue weighted by Gasteiger charge is 2.39. The predicted octanol–water partition coefficient (Wildman–Crippen LogP) is 4.55. The number of alkyl halides is 3. The Bertz CT molecular complexity index is 1470. The quantitative estimate of drug-likeness (QED) is 0.447. The van der Waals surface area contributed by atoms with Gasteiger partial charge in [-0.1, -0.05) is 29.3 Å². The highest BCUT2D eigenvalue weighted by Crippen LogP contribution is 2.35. The van der Waals surface area contributed by atoms with E-state index in [0.717, 1.165) is 22.8 Å². The number of carbonyl (C=O) groups excluding carboxylic acids is 1. The van der Waals surface area contributed by atoms with Crippen LogP contribution in [0, 0.1) is 17.1 Å². The van der Waals surface area contributed by atoms with Crippen molar-refractivity contribution in [3.05, 3.63) is 85.8 Å². The normalized spacial score (nSPS) is 17.7. The molecule has 1 aromatic heterocycles. The molecular formula is C23H15Cl2F4N5O3. The second-order valence-corrected chi connectivity index (χ2v) is 8.90. The molecule has 37 heavy (non-hydrogen) atoms. The van der Waals surface area contributed by atoms with Crippen molar-refractivity contribution in [2.75, 3.05) is 0 Å². The molecule has 1 aliphatic rings. The van der Waals surface area contributed by atoms with Crippen LogP contribution in [0.1, 0.15) is 29.2 Å². The molecule has 2 atom stereocenters. The highest BCUT2D eigenvalue weighted by atomic mass is 35.5. The summed E-state index contributed by atoms with van der Waals surface area (Å²) in [4.78, 5) is 28.8. The summed E-state index contributed by atoms with van der Waals surface area (Å²) in [6.45, 7) is -0.216. The molecule has 1 aliphatic heterocycles. The molecule has 0 bridgehead atoms. The number of nitrogens with one attached hydrogen (secondary N) is 2. The van der Waals surface area contributed by atoms with Gasteiger partial charge >= 0.3 is 6.18 Å². The molecule has 2 unspecified atom stereocenters. The molecule has 0 radical (unpaired) electrons. The monoisotopic (exact) mass is 555 g/mol. The Kier molecular flexibility index (Phi) is 7.40. The Morgan fingerprint density at radius 1 is 1.19 bits per heavy atom. The predicted molar refractivity (Wildman–Crippen MR) is 124 cm³/mol. The van der Waals surface area contributed by atoms with Crippen LogP contribution in [-0.2, 0) is 17.5 Å². The van der Waals surface area contributed by atoms with Crippen molar-refractivity contribution in [3.8, 4) is 17.6 Å². The third kappa shape index (κ3) is 5.85. The number of ether oxygens (including phenoxy) is 1. The summed E-state index contributed by atoms with van der Waals surface area (Å²) in [5, 5.41) is 8.98. The van der Waals surface area contributed by atoms with E-state index in [2.05, 4.69) is 15.8 Å². The minimum atomic E-state index is -5.02. The summed E-state index contributed by atoms with van der Waals surface area (Å²) < 4.78 is 60.9. The number of hydrazine groups is 1. The Hall–Kier alpha value is -3.66. The molecule has 2 N–H and O–H groups in total. The molecule has 8 nitrogen and oxygen atoms in total. The van der Waals surface area contributed by atoms with Crippen LogP contribution in [0.5, 0.6) is 11.5 Å². The van der Waals surface area contributed by atoms with Gasteiger partial charge in [0.1, 0.15) is 11.6 Å². The lowest BCUT2D eigenvalue weighted by Crippen LogP contribution is -2.54. The van der Waals surface area contributed by atoms with E-state index < -0.39 is 46.9 Å². The maximum absolute atomic E-state index is 13.9. The maximum atomic E-state index is 13.9. The molecule has 2 aromatic carbocycles. The van der Waals surface area contributed by atoms with Crippen LogP contribution in [0.25, 0.3) is 0 Å². The largest absolute Gasteiger partial charge is 0.449 e. The average Bonchev–Trinajstić information content (AvgIpc) is 2.83. The van der Waals surface area contributed by atoms with Gasteiger partial charge in [0.2, 0.25) is 11.7 Å². The summed E-state index contributed by atoms with van der Waals surface area (Å²) in [6.07, 6.45) is -4.23. The van der Waals surface area contributed by atoms with Gasteiger partial charge in [0.15, 0.2) is 5.69 Å². The van der Waals surface area contributed by atoms with Crippen LogP contribution in [-0.4, -0.2) is 21.5 Å². The van der Waals surface area contributed by atoms with E-state index in [0.29, 0.717) is 11.9 Å². The van der Waals surface area contributed by atoms with Crippen LogP contribution < -0.4 is 21.1 Å². The first kappa shape index (κ1) is 26.4. The SMILES string of the molecule is N#Cc1cc(Cl)cc(Oc2c(C(F)(F)F)ncn(CC3CC(c4ccc(Cl)c(F)c4)C(=O)NN3)c2=O)c1. The van der Waals surface area contributed by atoms with E-state index in [4.69, 9.17) is 33.2 Å². The second-order valence-electron chi connectivity index (χ2n) is 8.06. The number of aromatic nitrogens is 2. The lowest BCUT2D eigenvalue weighted by Gasteiger charge is -2.30. The number of carbonyl (C=O) groups is 1. The number of hydrogen-bond donors (Lipinski definition) is 2. The number of nitriles is 1. The standard InChI is InChI=1S/C23H15Cl2F4N5O3/c24-13-3-11(8-30)4-15(6-13)37-19-20(23(27,28)29)31-10-34(22(19)36)9-14-7-16(21(35)33-32-14)12-1-2-17(25)18(26)5-12/h1-6,10,14,16,32H,7,9H2,(H,33,35). The molecule has 0 aliphatic carbocycles. The average molecular weight is 556 g/mol. The molecule has 4 rings (SSSR count). The van der Waals surface area contributed by atoms with Crippen LogP contribution in [0.3, 0.4) is 0 Å². The van der Waals surface area contributed by atoms with Crippen molar-refractivity contribution in [1.29, 1.82) is 5.26 Å². The number of nitrogens with zero attached hydrogens (tertiary/aromatic N) is 3. The van der Waals surface area contributed by atoms with E-state index in [1.165, 1.54) is 18.2 Å². The highest BCUT2D eigenvalue weighted by molar-refractivity contribution is 6.31. The fraction of sp³-hybridized carbons (Fsp3) is 0.217. The van der Waals surface area contributed by atoms with E-state index in [1.807, 2.05) is 0 Å². The van der Waals surface area contributed by atoms with Crippen molar-refractivity contribution in [2.45, 2.75) is 31.1 Å². The molecule has 0 saturated carbocycles. The van der Waals surface area contributed by atoms with Crippen LogP contribution in [0.15, 0.2) is 47.5 Å². The van der Waals surface area contributed by atoms with Gasteiger partial charge in [0.25, 0.3) is 5.56 Å². The number of halogens is 6. The molecule has 1 fully saturated rings. The van der Waals surface area contributed by atoms with Crippen LogP contribution in [0.2, 0.25) is 10.0 Å². The molecule has 192 valence electrons. The first-order valence-corrected chi connectivity index (χ1v) is 11.3. The van der Waals surface area contributed by atoms with Crippen molar-refractivity contribution >= 4 is 29.1 Å². The van der Waals surface area contributed by atoms with Crippen molar-refractivity contribution < 1.29 is 27.1 Å². The number of benzene rings is 2. The van der Waals surface area contributed by atoms with Gasteiger partial charge in [-0.05, 0) is 42.3 Å². The van der Waals surface area contributed by atoms with Gasteiger partial charge in [0, 0.05) is 17.6 Å². The molecule has 1 amide bonds. The fourth-order valence-electron chi connectivity index (χ4n) is 3.78. The summed E-state index contributed by atoms with van der Waals surface area (Å²) in [7, 11) is 0. The number of hydrogen-bond acceptors (Lipinski definition) is 6. The zero-order valence-electron chi connectivity index (χ0n) is 18.4. The minimum Gasteiger partial charge on any atom is -0.449 e. The van der Waals surface area contributed by atoms with Crippen molar-refractivity contribution in [3.63, 3.8) is 0 Å². The van der Waals surface area contributed by atoms with Crippen LogP contribution >= 0.6 is 23.2 Å². The lowest BCUT2D eigenvalue weighted by atomic mass is 9.90.